The third-order valence-electron chi connectivity index (χ3n) is 3.45. The van der Waals surface area contributed by atoms with Crippen molar-refractivity contribution in [3.8, 4) is 0 Å². The number of aryl methyl sites for hydroxylation is 2. The number of furan rings is 1. The van der Waals surface area contributed by atoms with Gasteiger partial charge in [0.1, 0.15) is 5.58 Å². The first-order chi connectivity index (χ1) is 8.16. The van der Waals surface area contributed by atoms with E-state index in [2.05, 4.69) is 12.2 Å². The molecular weight excluding hydrogens is 234 g/mol. The Morgan fingerprint density at radius 2 is 2.18 bits per heavy atom. The second-order valence-electron chi connectivity index (χ2n) is 4.92. The van der Waals surface area contributed by atoms with Crippen molar-refractivity contribution in [1.29, 1.82) is 0 Å². The average Bonchev–Trinajstić information content (AvgIpc) is 3.05. The van der Waals surface area contributed by atoms with Crippen LogP contribution in [-0.2, 0) is 6.54 Å². The number of hydrogen-bond acceptors (Lipinski definition) is 2. The molecule has 0 atom stereocenters. The predicted octanol–water partition coefficient (Wildman–Crippen LogP) is 3.96. The zero-order valence-electron chi connectivity index (χ0n) is 10.1. The Bertz CT molecular complexity index is 569. The Kier molecular flexibility index (Phi) is 2.64. The molecule has 2 aromatic rings. The Balaban J connectivity index is 2.03. The molecule has 0 spiro atoms. The first-order valence-corrected chi connectivity index (χ1v) is 6.44. The Morgan fingerprint density at radius 3 is 2.88 bits per heavy atom. The van der Waals surface area contributed by atoms with Crippen LogP contribution in [0.4, 0.5) is 0 Å². The number of hydrogen-bond donors (Lipinski definition) is 1. The van der Waals surface area contributed by atoms with Gasteiger partial charge in [-0.25, -0.2) is 0 Å². The van der Waals surface area contributed by atoms with Gasteiger partial charge in [-0.2, -0.15) is 0 Å². The molecule has 17 heavy (non-hydrogen) atoms. The van der Waals surface area contributed by atoms with Crippen LogP contribution >= 0.6 is 11.6 Å². The van der Waals surface area contributed by atoms with Crippen molar-refractivity contribution in [2.75, 3.05) is 0 Å². The minimum absolute atomic E-state index is 0.709. The van der Waals surface area contributed by atoms with Crippen LogP contribution in [0, 0.1) is 13.8 Å². The molecule has 1 aromatic heterocycles. The monoisotopic (exact) mass is 249 g/mol. The quantitative estimate of drug-likeness (QED) is 0.891. The molecule has 0 saturated heterocycles. The van der Waals surface area contributed by atoms with E-state index in [1.807, 2.05) is 19.3 Å². The molecule has 1 aliphatic carbocycles. The summed E-state index contributed by atoms with van der Waals surface area (Å²) >= 11 is 6.30. The summed E-state index contributed by atoms with van der Waals surface area (Å²) in [6.07, 6.45) is 4.45. The van der Waals surface area contributed by atoms with Crippen molar-refractivity contribution in [2.24, 2.45) is 0 Å². The van der Waals surface area contributed by atoms with Crippen LogP contribution < -0.4 is 5.32 Å². The van der Waals surface area contributed by atoms with Crippen molar-refractivity contribution >= 4 is 22.6 Å². The molecular formula is C14H16ClNO. The molecule has 1 heterocycles. The fourth-order valence-corrected chi connectivity index (χ4v) is 2.43. The smallest absolute Gasteiger partial charge is 0.134 e. The molecule has 90 valence electrons. The topological polar surface area (TPSA) is 25.2 Å². The van der Waals surface area contributed by atoms with E-state index in [0.29, 0.717) is 6.04 Å². The summed E-state index contributed by atoms with van der Waals surface area (Å²) in [5.74, 6) is 0. The van der Waals surface area contributed by atoms with Crippen LogP contribution in [-0.4, -0.2) is 6.04 Å². The number of rotatable bonds is 3. The van der Waals surface area contributed by atoms with Gasteiger partial charge in [-0.15, -0.1) is 0 Å². The maximum absolute atomic E-state index is 6.30. The Hall–Kier alpha value is -0.990. The second kappa shape index (κ2) is 4.04. The summed E-state index contributed by atoms with van der Waals surface area (Å²) < 4.78 is 5.62. The zero-order valence-corrected chi connectivity index (χ0v) is 10.9. The lowest BCUT2D eigenvalue weighted by Gasteiger charge is -2.06. The molecule has 0 aliphatic heterocycles. The van der Waals surface area contributed by atoms with Crippen LogP contribution in [0.5, 0.6) is 0 Å². The molecule has 0 amide bonds. The fourth-order valence-electron chi connectivity index (χ4n) is 2.28. The van der Waals surface area contributed by atoms with Gasteiger partial charge in [0.2, 0.25) is 0 Å². The highest BCUT2D eigenvalue weighted by molar-refractivity contribution is 6.33. The summed E-state index contributed by atoms with van der Waals surface area (Å²) in [6.45, 7) is 4.95. The molecule has 0 radical (unpaired) electrons. The molecule has 1 saturated carbocycles. The molecule has 1 fully saturated rings. The van der Waals surface area contributed by atoms with Crippen molar-refractivity contribution < 1.29 is 4.42 Å². The molecule has 0 unspecified atom stereocenters. The van der Waals surface area contributed by atoms with Gasteiger partial charge in [-0.3, -0.25) is 0 Å². The van der Waals surface area contributed by atoms with E-state index in [9.17, 15) is 0 Å². The lowest BCUT2D eigenvalue weighted by atomic mass is 10.0. The maximum atomic E-state index is 6.30. The van der Waals surface area contributed by atoms with Crippen LogP contribution in [0.25, 0.3) is 11.0 Å². The van der Waals surface area contributed by atoms with Crippen LogP contribution in [0.2, 0.25) is 5.02 Å². The van der Waals surface area contributed by atoms with E-state index in [1.165, 1.54) is 23.8 Å². The Morgan fingerprint density at radius 1 is 1.41 bits per heavy atom. The molecule has 1 aliphatic rings. The number of benzene rings is 1. The van der Waals surface area contributed by atoms with Gasteiger partial charge in [0.25, 0.3) is 0 Å². The van der Waals surface area contributed by atoms with Crippen LogP contribution in [0.15, 0.2) is 16.7 Å². The van der Waals surface area contributed by atoms with E-state index < -0.39 is 0 Å². The fraction of sp³-hybridized carbons (Fsp3) is 0.429. The SMILES string of the molecule is Cc1cc2occ(CNC3CC3)c2c(C)c1Cl. The molecule has 1 N–H and O–H groups in total. The highest BCUT2D eigenvalue weighted by Gasteiger charge is 2.21. The van der Waals surface area contributed by atoms with Crippen molar-refractivity contribution in [3.63, 3.8) is 0 Å². The van der Waals surface area contributed by atoms with E-state index in [-0.39, 0.29) is 0 Å². The third-order valence-corrected chi connectivity index (χ3v) is 4.03. The number of halogens is 1. The normalized spacial score (nSPS) is 15.7. The van der Waals surface area contributed by atoms with Gasteiger partial charge >= 0.3 is 0 Å². The molecule has 2 nitrogen and oxygen atoms in total. The van der Waals surface area contributed by atoms with E-state index >= 15 is 0 Å². The van der Waals surface area contributed by atoms with Gasteiger partial charge in [0, 0.05) is 28.6 Å². The molecule has 3 rings (SSSR count). The van der Waals surface area contributed by atoms with Gasteiger partial charge in [0.05, 0.1) is 6.26 Å². The summed E-state index contributed by atoms with van der Waals surface area (Å²) in [7, 11) is 0. The van der Waals surface area contributed by atoms with Gasteiger partial charge in [0.15, 0.2) is 0 Å². The van der Waals surface area contributed by atoms with Gasteiger partial charge in [-0.05, 0) is 43.9 Å². The summed E-state index contributed by atoms with van der Waals surface area (Å²) in [4.78, 5) is 0. The van der Waals surface area contributed by atoms with Gasteiger partial charge in [-0.1, -0.05) is 11.6 Å². The molecule has 1 aromatic carbocycles. The minimum Gasteiger partial charge on any atom is -0.464 e. The first kappa shape index (κ1) is 11.1. The second-order valence-corrected chi connectivity index (χ2v) is 5.30. The predicted molar refractivity (Wildman–Crippen MR) is 70.6 cm³/mol. The maximum Gasteiger partial charge on any atom is 0.134 e. The van der Waals surface area contributed by atoms with Crippen LogP contribution in [0.1, 0.15) is 29.5 Å². The molecule has 0 bridgehead atoms. The molecule has 3 heteroatoms. The van der Waals surface area contributed by atoms with E-state index in [1.54, 1.807) is 0 Å². The van der Waals surface area contributed by atoms with Gasteiger partial charge < -0.3 is 9.73 Å². The van der Waals surface area contributed by atoms with Crippen molar-refractivity contribution in [1.82, 2.24) is 5.32 Å². The summed E-state index contributed by atoms with van der Waals surface area (Å²) in [5, 5.41) is 5.54. The zero-order chi connectivity index (χ0) is 12.0. The Labute approximate surface area is 106 Å². The summed E-state index contributed by atoms with van der Waals surface area (Å²) in [6, 6.07) is 2.73. The first-order valence-electron chi connectivity index (χ1n) is 6.06. The van der Waals surface area contributed by atoms with E-state index in [0.717, 1.165) is 28.3 Å². The van der Waals surface area contributed by atoms with Crippen molar-refractivity contribution in [2.45, 2.75) is 39.3 Å². The third kappa shape index (κ3) is 1.96. The highest BCUT2D eigenvalue weighted by Crippen LogP contribution is 2.32. The average molecular weight is 250 g/mol. The number of fused-ring (bicyclic) bond motifs is 1. The highest BCUT2D eigenvalue weighted by atomic mass is 35.5. The minimum atomic E-state index is 0.709. The van der Waals surface area contributed by atoms with Crippen molar-refractivity contribution in [3.05, 3.63) is 34.0 Å². The van der Waals surface area contributed by atoms with E-state index in [4.69, 9.17) is 16.0 Å². The van der Waals surface area contributed by atoms with Crippen LogP contribution in [0.3, 0.4) is 0 Å². The lowest BCUT2D eigenvalue weighted by Crippen LogP contribution is -2.14. The summed E-state index contributed by atoms with van der Waals surface area (Å²) in [5.41, 5.74) is 4.36. The standard InChI is InChI=1S/C14H16ClNO/c1-8-5-12-13(9(2)14(8)15)10(7-17-12)6-16-11-3-4-11/h5,7,11,16H,3-4,6H2,1-2H3. The number of nitrogens with one attached hydrogen (secondary N) is 1. The lowest BCUT2D eigenvalue weighted by molar-refractivity contribution is 0.601. The largest absolute Gasteiger partial charge is 0.464 e.